The van der Waals surface area contributed by atoms with E-state index in [0.29, 0.717) is 11.5 Å². The molecule has 2 aromatic carbocycles. The monoisotopic (exact) mass is 339 g/mol. The lowest BCUT2D eigenvalue weighted by Crippen LogP contribution is -2.20. The molecule has 0 aliphatic carbocycles. The molecule has 1 aromatic heterocycles. The van der Waals surface area contributed by atoms with E-state index in [-0.39, 0.29) is 12.5 Å². The molecule has 0 aliphatic rings. The summed E-state index contributed by atoms with van der Waals surface area (Å²) in [6.07, 6.45) is 0. The molecule has 0 fully saturated rings. The second-order valence-electron chi connectivity index (χ2n) is 5.01. The van der Waals surface area contributed by atoms with Crippen LogP contribution >= 0.6 is 11.3 Å². The summed E-state index contributed by atoms with van der Waals surface area (Å²) in [7, 11) is 1.57. The average Bonchev–Trinajstić information content (AvgIpc) is 3.15. The van der Waals surface area contributed by atoms with E-state index in [9.17, 15) is 4.79 Å². The summed E-state index contributed by atoms with van der Waals surface area (Å²) in [6.45, 7) is -0.0842. The van der Waals surface area contributed by atoms with E-state index in [0.717, 1.165) is 16.1 Å². The Kier molecular flexibility index (Phi) is 5.13. The molecule has 0 atom stereocenters. The number of hydrogen-bond donors (Lipinski definition) is 1. The number of rotatable bonds is 6. The summed E-state index contributed by atoms with van der Waals surface area (Å²) in [6, 6.07) is 19.0. The lowest BCUT2D eigenvalue weighted by molar-refractivity contribution is -0.118. The van der Waals surface area contributed by atoms with Gasteiger partial charge in [-0.3, -0.25) is 4.79 Å². The van der Waals surface area contributed by atoms with Gasteiger partial charge in [0.1, 0.15) is 0 Å². The fourth-order valence-electron chi connectivity index (χ4n) is 2.31. The lowest BCUT2D eigenvalue weighted by atomic mass is 10.1. The molecule has 5 heteroatoms. The number of benzene rings is 2. The van der Waals surface area contributed by atoms with Gasteiger partial charge in [-0.05, 0) is 29.6 Å². The van der Waals surface area contributed by atoms with Crippen LogP contribution < -0.4 is 14.8 Å². The molecule has 0 saturated heterocycles. The van der Waals surface area contributed by atoms with Crippen molar-refractivity contribution >= 4 is 22.9 Å². The van der Waals surface area contributed by atoms with Gasteiger partial charge >= 0.3 is 0 Å². The Morgan fingerprint density at radius 2 is 1.75 bits per heavy atom. The van der Waals surface area contributed by atoms with Crippen LogP contribution in [0.15, 0.2) is 66.0 Å². The number of methoxy groups -OCH3 is 1. The van der Waals surface area contributed by atoms with Gasteiger partial charge in [0.25, 0.3) is 5.91 Å². The van der Waals surface area contributed by atoms with Gasteiger partial charge < -0.3 is 14.8 Å². The van der Waals surface area contributed by atoms with Gasteiger partial charge in [-0.15, -0.1) is 11.3 Å². The summed E-state index contributed by atoms with van der Waals surface area (Å²) in [5, 5.41) is 4.92. The molecule has 0 spiro atoms. The number of ether oxygens (including phenoxy) is 2. The fraction of sp³-hybridized carbons (Fsp3) is 0.105. The fourth-order valence-corrected chi connectivity index (χ4v) is 3.07. The van der Waals surface area contributed by atoms with Crippen LogP contribution in [0.2, 0.25) is 0 Å². The highest BCUT2D eigenvalue weighted by atomic mass is 32.1. The Morgan fingerprint density at radius 1 is 1.00 bits per heavy atom. The molecule has 1 heterocycles. The molecule has 1 amide bonds. The van der Waals surface area contributed by atoms with Crippen molar-refractivity contribution in [1.29, 1.82) is 0 Å². The molecule has 4 nitrogen and oxygen atoms in total. The minimum atomic E-state index is -0.218. The number of carbonyl (C=O) groups is 1. The second-order valence-corrected chi connectivity index (χ2v) is 5.96. The van der Waals surface area contributed by atoms with Gasteiger partial charge in [-0.2, -0.15) is 0 Å². The summed E-state index contributed by atoms with van der Waals surface area (Å²) in [5.41, 5.74) is 1.77. The van der Waals surface area contributed by atoms with Crippen molar-refractivity contribution in [1.82, 2.24) is 0 Å². The smallest absolute Gasteiger partial charge is 0.262 e. The molecule has 1 N–H and O–H groups in total. The zero-order valence-electron chi connectivity index (χ0n) is 13.2. The summed E-state index contributed by atoms with van der Waals surface area (Å²) >= 11 is 1.63. The standard InChI is InChI=1S/C19H17NO3S/c1-22-16-9-4-5-10-17(16)23-13-19(21)20-15-8-3-2-7-14(15)18-11-6-12-24-18/h2-12H,13H2,1H3,(H,20,21). The maximum atomic E-state index is 12.2. The minimum absolute atomic E-state index is 0.0842. The van der Waals surface area contributed by atoms with Crippen LogP contribution in [0.1, 0.15) is 0 Å². The summed E-state index contributed by atoms with van der Waals surface area (Å²) < 4.78 is 10.8. The number of amides is 1. The number of para-hydroxylation sites is 3. The van der Waals surface area contributed by atoms with Crippen molar-refractivity contribution < 1.29 is 14.3 Å². The van der Waals surface area contributed by atoms with Crippen LogP contribution in [0, 0.1) is 0 Å². The first-order chi connectivity index (χ1) is 11.8. The average molecular weight is 339 g/mol. The summed E-state index contributed by atoms with van der Waals surface area (Å²) in [5.74, 6) is 0.927. The maximum Gasteiger partial charge on any atom is 0.262 e. The molecule has 0 aliphatic heterocycles. The molecule has 122 valence electrons. The van der Waals surface area contributed by atoms with Crippen LogP contribution in [0.25, 0.3) is 10.4 Å². The Morgan fingerprint density at radius 3 is 2.50 bits per heavy atom. The van der Waals surface area contributed by atoms with Gasteiger partial charge in [0.05, 0.1) is 7.11 Å². The van der Waals surface area contributed by atoms with Crippen molar-refractivity contribution in [2.75, 3.05) is 19.0 Å². The van der Waals surface area contributed by atoms with Crippen LogP contribution in [-0.2, 0) is 4.79 Å². The quantitative estimate of drug-likeness (QED) is 0.722. The van der Waals surface area contributed by atoms with Crippen LogP contribution in [0.3, 0.4) is 0 Å². The molecule has 3 rings (SSSR count). The van der Waals surface area contributed by atoms with Crippen molar-refractivity contribution in [2.45, 2.75) is 0 Å². The molecule has 24 heavy (non-hydrogen) atoms. The molecule has 0 bridgehead atoms. The zero-order valence-corrected chi connectivity index (χ0v) is 14.0. The van der Waals surface area contributed by atoms with E-state index in [1.54, 1.807) is 30.6 Å². The Balaban J connectivity index is 1.68. The molecular formula is C19H17NO3S. The third kappa shape index (κ3) is 3.75. The Hall–Kier alpha value is -2.79. The van der Waals surface area contributed by atoms with Crippen LogP contribution in [0.4, 0.5) is 5.69 Å². The highest BCUT2D eigenvalue weighted by Gasteiger charge is 2.10. The maximum absolute atomic E-state index is 12.2. The third-order valence-corrected chi connectivity index (χ3v) is 4.32. The molecule has 3 aromatic rings. The van der Waals surface area contributed by atoms with E-state index < -0.39 is 0 Å². The van der Waals surface area contributed by atoms with Crippen LogP contribution in [-0.4, -0.2) is 19.6 Å². The van der Waals surface area contributed by atoms with Crippen molar-refractivity contribution in [3.63, 3.8) is 0 Å². The third-order valence-electron chi connectivity index (χ3n) is 3.42. The number of anilines is 1. The van der Waals surface area contributed by atoms with E-state index in [1.807, 2.05) is 53.9 Å². The lowest BCUT2D eigenvalue weighted by Gasteiger charge is -2.12. The highest BCUT2D eigenvalue weighted by molar-refractivity contribution is 7.13. The molecular weight excluding hydrogens is 322 g/mol. The van der Waals surface area contributed by atoms with Gasteiger partial charge in [-0.25, -0.2) is 0 Å². The van der Waals surface area contributed by atoms with E-state index in [4.69, 9.17) is 9.47 Å². The Labute approximate surface area is 144 Å². The van der Waals surface area contributed by atoms with E-state index >= 15 is 0 Å². The predicted molar refractivity (Wildman–Crippen MR) is 96.9 cm³/mol. The van der Waals surface area contributed by atoms with Crippen molar-refractivity contribution in [3.05, 3.63) is 66.0 Å². The number of thiophene rings is 1. The summed E-state index contributed by atoms with van der Waals surface area (Å²) in [4.78, 5) is 13.3. The number of nitrogens with one attached hydrogen (secondary N) is 1. The van der Waals surface area contributed by atoms with Crippen LogP contribution in [0.5, 0.6) is 11.5 Å². The minimum Gasteiger partial charge on any atom is -0.493 e. The molecule has 0 radical (unpaired) electrons. The molecule has 0 unspecified atom stereocenters. The topological polar surface area (TPSA) is 47.6 Å². The SMILES string of the molecule is COc1ccccc1OCC(=O)Nc1ccccc1-c1cccs1. The van der Waals surface area contributed by atoms with Gasteiger partial charge in [0.2, 0.25) is 0 Å². The Bertz CT molecular complexity index is 815. The van der Waals surface area contributed by atoms with Gasteiger partial charge in [0, 0.05) is 16.1 Å². The highest BCUT2D eigenvalue weighted by Crippen LogP contribution is 2.31. The molecule has 0 saturated carbocycles. The van der Waals surface area contributed by atoms with E-state index in [1.165, 1.54) is 0 Å². The van der Waals surface area contributed by atoms with Gasteiger partial charge in [-0.1, -0.05) is 36.4 Å². The predicted octanol–water partition coefficient (Wildman–Crippen LogP) is 4.44. The number of hydrogen-bond acceptors (Lipinski definition) is 4. The largest absolute Gasteiger partial charge is 0.493 e. The van der Waals surface area contributed by atoms with E-state index in [2.05, 4.69) is 5.32 Å². The zero-order chi connectivity index (χ0) is 16.8. The van der Waals surface area contributed by atoms with Crippen molar-refractivity contribution in [3.8, 4) is 21.9 Å². The van der Waals surface area contributed by atoms with Gasteiger partial charge in [0.15, 0.2) is 18.1 Å². The second kappa shape index (κ2) is 7.66. The number of carbonyl (C=O) groups excluding carboxylic acids is 1. The normalized spacial score (nSPS) is 10.2. The van der Waals surface area contributed by atoms with Crippen molar-refractivity contribution in [2.24, 2.45) is 0 Å². The first-order valence-electron chi connectivity index (χ1n) is 7.46. The first-order valence-corrected chi connectivity index (χ1v) is 8.34. The first kappa shape index (κ1) is 16.1.